The van der Waals surface area contributed by atoms with Gasteiger partial charge < -0.3 is 43.0 Å². The van der Waals surface area contributed by atoms with Gasteiger partial charge in [-0.2, -0.15) is 0 Å². The van der Waals surface area contributed by atoms with E-state index in [0.717, 1.165) is 96.3 Å². The number of ether oxygens (including phenoxy) is 8. The van der Waals surface area contributed by atoms with Crippen LogP contribution >= 0.6 is 0 Å². The Morgan fingerprint density at radius 2 is 0.986 bits per heavy atom. The van der Waals surface area contributed by atoms with Crippen molar-refractivity contribution in [3.05, 3.63) is 0 Å². The summed E-state index contributed by atoms with van der Waals surface area (Å²) in [7, 11) is 3.10. The number of aliphatic hydroxyl groups is 1. The van der Waals surface area contributed by atoms with Gasteiger partial charge in [0, 0.05) is 25.0 Å². The molecular formula is C59H94O15. The van der Waals surface area contributed by atoms with Gasteiger partial charge >= 0.3 is 35.8 Å². The van der Waals surface area contributed by atoms with Crippen LogP contribution in [0.25, 0.3) is 0 Å². The SMILES string of the molecule is CC(C)(C)C(=O)OCC(=O)OCC1(C)C2CC3CC1CC(O)(C3)C2.COC(C)OC(=O)C12CC3CC(C1)C(COC(=O)C(C)(C)C)C(C3)C2.COC(C)OC(=O)C12CC3CC(CC(COC(=O)C(C)(C)C)(C3)C1)C2. The van der Waals surface area contributed by atoms with E-state index < -0.39 is 51.8 Å². The maximum Gasteiger partial charge on any atom is 0.344 e. The van der Waals surface area contributed by atoms with Gasteiger partial charge in [0.15, 0.2) is 19.2 Å². The van der Waals surface area contributed by atoms with Crippen LogP contribution in [0.15, 0.2) is 0 Å². The zero-order chi connectivity index (χ0) is 54.6. The van der Waals surface area contributed by atoms with Gasteiger partial charge in [-0.05, 0) is 232 Å². The molecule has 12 fully saturated rings. The summed E-state index contributed by atoms with van der Waals surface area (Å²) in [5.74, 6) is 3.08. The number of carbonyl (C=O) groups is 6. The molecule has 420 valence electrons. The van der Waals surface area contributed by atoms with Crippen molar-refractivity contribution in [3.8, 4) is 0 Å². The highest BCUT2D eigenvalue weighted by atomic mass is 16.7. The monoisotopic (exact) mass is 1040 g/mol. The van der Waals surface area contributed by atoms with Gasteiger partial charge in [0.1, 0.15) is 0 Å². The smallest absolute Gasteiger partial charge is 0.344 e. The van der Waals surface area contributed by atoms with Crippen LogP contribution < -0.4 is 0 Å². The largest absolute Gasteiger partial charge is 0.465 e. The van der Waals surface area contributed by atoms with Crippen LogP contribution in [-0.4, -0.2) is 99.8 Å². The topological polar surface area (TPSA) is 196 Å². The fraction of sp³-hybridized carbons (Fsp3) is 0.898. The molecule has 74 heavy (non-hydrogen) atoms. The minimum atomic E-state index is -0.622. The molecule has 15 nitrogen and oxygen atoms in total. The normalized spacial score (nSPS) is 38.6. The first-order chi connectivity index (χ1) is 34.2. The molecule has 0 aromatic rings. The molecule has 8 unspecified atom stereocenters. The quantitative estimate of drug-likeness (QED) is 0.0979. The Labute approximate surface area is 442 Å². The van der Waals surface area contributed by atoms with Crippen molar-refractivity contribution in [1.82, 2.24) is 0 Å². The Hall–Kier alpha value is -3.30. The molecule has 12 saturated carbocycles. The second-order valence-electron chi connectivity index (χ2n) is 28.8. The number of hydrogen-bond acceptors (Lipinski definition) is 15. The highest BCUT2D eigenvalue weighted by Gasteiger charge is 2.63. The van der Waals surface area contributed by atoms with Crippen molar-refractivity contribution in [2.45, 2.75) is 204 Å². The van der Waals surface area contributed by atoms with Crippen LogP contribution in [0.1, 0.15) is 186 Å². The number of hydrogen-bond donors (Lipinski definition) is 1. The Morgan fingerprint density at radius 3 is 1.47 bits per heavy atom. The Balaban J connectivity index is 0.000000162. The van der Waals surface area contributed by atoms with Crippen LogP contribution in [-0.2, 0) is 66.7 Å². The summed E-state index contributed by atoms with van der Waals surface area (Å²) in [5.41, 5.74) is -2.93. The fourth-order valence-electron chi connectivity index (χ4n) is 16.1. The van der Waals surface area contributed by atoms with Gasteiger partial charge in [-0.25, -0.2) is 4.79 Å². The number of rotatable bonds is 14. The maximum atomic E-state index is 12.9. The molecule has 15 heteroatoms. The first kappa shape index (κ1) is 58.4. The maximum absolute atomic E-state index is 12.9. The van der Waals surface area contributed by atoms with Crippen molar-refractivity contribution in [2.24, 2.45) is 91.2 Å². The third-order valence-electron chi connectivity index (χ3n) is 19.4. The lowest BCUT2D eigenvalue weighted by molar-refractivity contribution is -0.207. The van der Waals surface area contributed by atoms with Gasteiger partial charge in [0.05, 0.1) is 52.5 Å². The lowest BCUT2D eigenvalue weighted by Crippen LogP contribution is -2.60. The summed E-state index contributed by atoms with van der Waals surface area (Å²) in [5, 5.41) is 10.7. The van der Waals surface area contributed by atoms with E-state index in [1.54, 1.807) is 48.8 Å². The van der Waals surface area contributed by atoms with Crippen molar-refractivity contribution in [1.29, 1.82) is 0 Å². The molecule has 0 aliphatic heterocycles. The van der Waals surface area contributed by atoms with E-state index in [1.807, 2.05) is 41.5 Å². The van der Waals surface area contributed by atoms with Gasteiger partial charge in [0.25, 0.3) is 0 Å². The highest BCUT2D eigenvalue weighted by Crippen LogP contribution is 2.67. The second-order valence-corrected chi connectivity index (χ2v) is 28.8. The molecule has 8 atom stereocenters. The predicted molar refractivity (Wildman–Crippen MR) is 273 cm³/mol. The summed E-state index contributed by atoms with van der Waals surface area (Å²) in [6.45, 7) is 23.2. The van der Waals surface area contributed by atoms with E-state index in [4.69, 9.17) is 37.9 Å². The summed E-state index contributed by atoms with van der Waals surface area (Å²) in [6, 6.07) is 0. The lowest BCUT2D eigenvalue weighted by Gasteiger charge is -2.62. The average molecular weight is 1040 g/mol. The molecule has 0 aromatic carbocycles. The molecular weight excluding hydrogens is 949 g/mol. The molecule has 12 bridgehead atoms. The third-order valence-corrected chi connectivity index (χ3v) is 19.4. The van der Waals surface area contributed by atoms with Gasteiger partial charge in [0.2, 0.25) is 0 Å². The minimum Gasteiger partial charge on any atom is -0.465 e. The van der Waals surface area contributed by atoms with E-state index in [1.165, 1.54) is 6.42 Å². The molecule has 1 N–H and O–H groups in total. The Kier molecular flexibility index (Phi) is 17.0. The zero-order valence-corrected chi connectivity index (χ0v) is 47.7. The fourth-order valence-corrected chi connectivity index (χ4v) is 16.1. The predicted octanol–water partition coefficient (Wildman–Crippen LogP) is 9.95. The molecule has 12 aliphatic carbocycles. The Morgan fingerprint density at radius 1 is 0.527 bits per heavy atom. The zero-order valence-electron chi connectivity index (χ0n) is 47.7. The van der Waals surface area contributed by atoms with Crippen LogP contribution in [0.3, 0.4) is 0 Å². The van der Waals surface area contributed by atoms with Crippen molar-refractivity contribution < 1.29 is 71.8 Å². The van der Waals surface area contributed by atoms with Crippen molar-refractivity contribution in [3.63, 3.8) is 0 Å². The number of carbonyl (C=O) groups excluding carboxylic acids is 6. The van der Waals surface area contributed by atoms with E-state index in [2.05, 4.69) is 6.92 Å². The van der Waals surface area contributed by atoms with E-state index >= 15 is 0 Å². The molecule has 0 heterocycles. The summed E-state index contributed by atoms with van der Waals surface area (Å²) >= 11 is 0. The van der Waals surface area contributed by atoms with E-state index in [-0.39, 0.29) is 46.7 Å². The summed E-state index contributed by atoms with van der Waals surface area (Å²) < 4.78 is 43.1. The van der Waals surface area contributed by atoms with Gasteiger partial charge in [-0.3, -0.25) is 24.0 Å². The number of methoxy groups -OCH3 is 2. The third kappa shape index (κ3) is 12.8. The standard InChI is InChI=1S/2C20H32O5.C19H30O5/c1-13(23-5)25-17(22)20-9-14-6-15(10-20)8-19(7-14,11-20)12-24-16(21)18(2,3)4;1-12(23-5)25-18(22)20-8-13-6-14(9-20)16(15(7-13)10-20)11-24-17(21)19(2,3)4;1-17(2,3)16(21)23-10-15(20)24-11-18(4)13-5-12-6-14(18)9-19(22,7-12)8-13/h13-15H,6-12H2,1-5H3;12-16H,6-11H2,1-5H3;12-14,22H,5-11H2,1-4H3. The molecule has 0 radical (unpaired) electrons. The molecule has 0 saturated heterocycles. The van der Waals surface area contributed by atoms with E-state index in [0.29, 0.717) is 73.1 Å². The van der Waals surface area contributed by atoms with Gasteiger partial charge in [-0.15, -0.1) is 0 Å². The molecule has 12 rings (SSSR count). The molecule has 0 amide bonds. The van der Waals surface area contributed by atoms with Crippen LogP contribution in [0.2, 0.25) is 0 Å². The first-order valence-electron chi connectivity index (χ1n) is 28.1. The average Bonchev–Trinajstić information content (AvgIpc) is 3.29. The molecule has 0 spiro atoms. The summed E-state index contributed by atoms with van der Waals surface area (Å²) in [6.07, 6.45) is 14.8. The van der Waals surface area contributed by atoms with E-state index in [9.17, 15) is 33.9 Å². The molecule has 12 aliphatic rings. The summed E-state index contributed by atoms with van der Waals surface area (Å²) in [4.78, 5) is 73.7. The first-order valence-corrected chi connectivity index (χ1v) is 28.1. The second kappa shape index (κ2) is 21.5. The van der Waals surface area contributed by atoms with Crippen molar-refractivity contribution >= 4 is 35.8 Å². The molecule has 0 aromatic heterocycles. The van der Waals surface area contributed by atoms with Crippen LogP contribution in [0.4, 0.5) is 0 Å². The van der Waals surface area contributed by atoms with Crippen molar-refractivity contribution in [2.75, 3.05) is 40.6 Å². The van der Waals surface area contributed by atoms with Crippen LogP contribution in [0, 0.1) is 91.2 Å². The highest BCUT2D eigenvalue weighted by molar-refractivity contribution is 5.80. The minimum absolute atomic E-state index is 0.0552. The van der Waals surface area contributed by atoms with Gasteiger partial charge in [-0.1, -0.05) is 6.92 Å². The Bertz CT molecular complexity index is 2030. The lowest BCUT2D eigenvalue weighted by atomic mass is 9.44. The number of esters is 6. The van der Waals surface area contributed by atoms with Crippen LogP contribution in [0.5, 0.6) is 0 Å².